The van der Waals surface area contributed by atoms with Gasteiger partial charge in [-0.05, 0) is 38.9 Å². The Kier molecular flexibility index (Phi) is 6.38. The van der Waals surface area contributed by atoms with Crippen molar-refractivity contribution in [2.45, 2.75) is 19.3 Å². The summed E-state index contributed by atoms with van der Waals surface area (Å²) in [6.45, 7) is 6.75. The molecule has 0 spiro atoms. The predicted octanol–water partition coefficient (Wildman–Crippen LogP) is -4.39. The van der Waals surface area contributed by atoms with Gasteiger partial charge in [0.05, 0.1) is 0 Å². The van der Waals surface area contributed by atoms with Crippen LogP contribution in [-0.4, -0.2) is 61.1 Å². The molecular formula is C9H21BKN6. The van der Waals surface area contributed by atoms with Crippen molar-refractivity contribution in [3.8, 4) is 0 Å². The molecule has 1 radical (unpaired) electrons. The van der Waals surface area contributed by atoms with Crippen LogP contribution in [0.5, 0.6) is 0 Å². The molecule has 3 N–H and O–H groups in total. The summed E-state index contributed by atoms with van der Waals surface area (Å²) in [5, 5.41) is 0. The molecule has 0 bridgehead atoms. The van der Waals surface area contributed by atoms with Crippen molar-refractivity contribution < 1.29 is 51.4 Å². The van der Waals surface area contributed by atoms with E-state index in [1.165, 1.54) is 19.3 Å². The summed E-state index contributed by atoms with van der Waals surface area (Å²) >= 11 is 0. The average Bonchev–Trinajstić information content (AvgIpc) is 3.02. The van der Waals surface area contributed by atoms with Crippen molar-refractivity contribution >= 4 is 7.12 Å². The van der Waals surface area contributed by atoms with Crippen LogP contribution in [-0.2, 0) is 0 Å². The second-order valence-electron chi connectivity index (χ2n) is 4.71. The molecule has 3 aliphatic heterocycles. The quantitative estimate of drug-likeness (QED) is 0.447. The van der Waals surface area contributed by atoms with Crippen LogP contribution in [0.1, 0.15) is 19.3 Å². The van der Waals surface area contributed by atoms with Gasteiger partial charge in [-0.1, -0.05) is 0 Å². The Morgan fingerprint density at radius 2 is 1.00 bits per heavy atom. The molecule has 3 rings (SSSR count). The van der Waals surface area contributed by atoms with Crippen LogP contribution in [0.2, 0.25) is 0 Å². The Hall–Kier alpha value is 1.46. The number of rotatable bonds is 3. The first-order chi connectivity index (χ1) is 7.95. The maximum Gasteiger partial charge on any atom is 1.00 e. The number of nitrogens with zero attached hydrogens (tertiary/aromatic N) is 3. The van der Waals surface area contributed by atoms with Gasteiger partial charge in [0, 0.05) is 19.6 Å². The van der Waals surface area contributed by atoms with Crippen LogP contribution >= 0.6 is 0 Å². The first-order valence-corrected chi connectivity index (χ1v) is 6.45. The number of hydrogen-bond donors (Lipinski definition) is 3. The standard InChI is InChI=1S/C9H21BN6.K/c1-4-11-14(7-1)10(15-8-2-5-12-15)16-9-3-6-13-16;/h11-13H,1-9H2;/q-1;+1. The Bertz CT molecular complexity index is 189. The van der Waals surface area contributed by atoms with E-state index in [-0.39, 0.29) is 51.4 Å². The van der Waals surface area contributed by atoms with E-state index in [0.717, 1.165) is 39.3 Å². The van der Waals surface area contributed by atoms with E-state index >= 15 is 0 Å². The molecule has 3 saturated heterocycles. The van der Waals surface area contributed by atoms with E-state index in [9.17, 15) is 0 Å². The van der Waals surface area contributed by atoms with E-state index in [4.69, 9.17) is 0 Å². The van der Waals surface area contributed by atoms with Crippen molar-refractivity contribution in [1.29, 1.82) is 0 Å². The fourth-order valence-electron chi connectivity index (χ4n) is 2.75. The van der Waals surface area contributed by atoms with E-state index in [2.05, 4.69) is 31.0 Å². The van der Waals surface area contributed by atoms with Crippen LogP contribution in [0.3, 0.4) is 0 Å². The molecule has 6 nitrogen and oxygen atoms in total. The van der Waals surface area contributed by atoms with Crippen LogP contribution in [0.15, 0.2) is 0 Å². The predicted molar refractivity (Wildman–Crippen MR) is 63.7 cm³/mol. The van der Waals surface area contributed by atoms with E-state index in [0.29, 0.717) is 7.12 Å². The zero-order valence-corrected chi connectivity index (χ0v) is 13.9. The third-order valence-corrected chi connectivity index (χ3v) is 3.51. The van der Waals surface area contributed by atoms with Gasteiger partial charge in [-0.25, -0.2) is 0 Å². The number of hydrogen-bond acceptors (Lipinski definition) is 6. The molecule has 0 atom stereocenters. The Balaban J connectivity index is 0.00000108. The van der Waals surface area contributed by atoms with Crippen LogP contribution < -0.4 is 67.7 Å². The van der Waals surface area contributed by atoms with Crippen LogP contribution in [0.25, 0.3) is 0 Å². The van der Waals surface area contributed by atoms with Crippen molar-refractivity contribution in [2.24, 2.45) is 0 Å². The summed E-state index contributed by atoms with van der Waals surface area (Å²) in [5.74, 6) is 0. The molecule has 3 aliphatic rings. The zero-order chi connectivity index (χ0) is 10.8. The van der Waals surface area contributed by atoms with Crippen LogP contribution in [0.4, 0.5) is 0 Å². The summed E-state index contributed by atoms with van der Waals surface area (Å²) in [7, 11) is 0.326. The molecule has 91 valence electrons. The van der Waals surface area contributed by atoms with Gasteiger partial charge in [-0.2, -0.15) is 0 Å². The van der Waals surface area contributed by atoms with Gasteiger partial charge in [0.15, 0.2) is 0 Å². The summed E-state index contributed by atoms with van der Waals surface area (Å²) in [4.78, 5) is 7.07. The maximum atomic E-state index is 3.48. The molecule has 3 fully saturated rings. The molecule has 8 heteroatoms. The largest absolute Gasteiger partial charge is 1.00 e. The molecule has 0 unspecified atom stereocenters. The third-order valence-electron chi connectivity index (χ3n) is 3.51. The molecule has 0 aliphatic carbocycles. The summed E-state index contributed by atoms with van der Waals surface area (Å²) in [6.07, 6.45) is 3.74. The minimum absolute atomic E-state index is 0. The van der Waals surface area contributed by atoms with Crippen molar-refractivity contribution in [2.75, 3.05) is 39.3 Å². The first kappa shape index (κ1) is 14.9. The molecular weight excluding hydrogens is 242 g/mol. The minimum atomic E-state index is 0. The zero-order valence-electron chi connectivity index (χ0n) is 10.8. The number of hydrazine groups is 3. The van der Waals surface area contributed by atoms with Crippen molar-refractivity contribution in [1.82, 2.24) is 31.0 Å². The van der Waals surface area contributed by atoms with E-state index < -0.39 is 0 Å². The Morgan fingerprint density at radius 3 is 1.24 bits per heavy atom. The van der Waals surface area contributed by atoms with E-state index in [1.807, 2.05) is 0 Å². The summed E-state index contributed by atoms with van der Waals surface area (Å²) < 4.78 is 0. The summed E-state index contributed by atoms with van der Waals surface area (Å²) in [5.41, 5.74) is 10.4. The fourth-order valence-corrected chi connectivity index (χ4v) is 2.75. The topological polar surface area (TPSA) is 45.8 Å². The molecule has 0 amide bonds. The van der Waals surface area contributed by atoms with Gasteiger partial charge in [0.25, 0.3) is 0 Å². The third kappa shape index (κ3) is 3.51. The Labute approximate surface area is 146 Å². The Morgan fingerprint density at radius 1 is 0.647 bits per heavy atom. The summed E-state index contributed by atoms with van der Waals surface area (Å²) in [6, 6.07) is 0. The molecule has 17 heavy (non-hydrogen) atoms. The molecule has 0 aromatic heterocycles. The smallest absolute Gasteiger partial charge is 0.407 e. The second-order valence-corrected chi connectivity index (χ2v) is 4.71. The normalized spacial score (nSPS) is 28.1. The van der Waals surface area contributed by atoms with Gasteiger partial charge in [0.1, 0.15) is 7.12 Å². The van der Waals surface area contributed by atoms with Crippen molar-refractivity contribution in [3.05, 3.63) is 0 Å². The van der Waals surface area contributed by atoms with Crippen molar-refractivity contribution in [3.63, 3.8) is 0 Å². The van der Waals surface area contributed by atoms with Gasteiger partial charge in [-0.15, -0.1) is 0 Å². The monoisotopic (exact) mass is 263 g/mol. The minimum Gasteiger partial charge on any atom is -0.407 e. The molecule has 3 heterocycles. The van der Waals surface area contributed by atoms with Crippen LogP contribution in [0, 0.1) is 0 Å². The van der Waals surface area contributed by atoms with Gasteiger partial charge < -0.3 is 14.8 Å². The van der Waals surface area contributed by atoms with E-state index in [1.54, 1.807) is 0 Å². The molecule has 0 aromatic carbocycles. The molecule has 0 saturated carbocycles. The maximum absolute atomic E-state index is 3.48. The number of nitrogens with one attached hydrogen (secondary N) is 3. The van der Waals surface area contributed by atoms with Gasteiger partial charge >= 0.3 is 51.4 Å². The average molecular weight is 263 g/mol. The van der Waals surface area contributed by atoms with Gasteiger partial charge in [0.2, 0.25) is 0 Å². The fraction of sp³-hybridized carbons (Fsp3) is 1.00. The first-order valence-electron chi connectivity index (χ1n) is 6.45. The molecule has 0 aromatic rings. The van der Waals surface area contributed by atoms with Gasteiger partial charge in [-0.3, -0.25) is 16.3 Å². The second kappa shape index (κ2) is 7.30. The SMILES string of the molecule is C1CNN([B-](N2CCCN2)N2CCCN2)C1.[K+].